The van der Waals surface area contributed by atoms with Gasteiger partial charge in [-0.2, -0.15) is 0 Å². The van der Waals surface area contributed by atoms with E-state index >= 15 is 0 Å². The highest BCUT2D eigenvalue weighted by atomic mass is 19.2. The number of likely N-dealkylation sites (tertiary alicyclic amines) is 1. The molecule has 0 unspecified atom stereocenters. The smallest absolute Gasteiger partial charge is 0.326 e. The molecule has 1 N–H and O–H groups in total. The predicted octanol–water partition coefficient (Wildman–Crippen LogP) is 2.32. The van der Waals surface area contributed by atoms with Crippen molar-refractivity contribution in [1.82, 2.24) is 4.90 Å². The van der Waals surface area contributed by atoms with Crippen molar-refractivity contribution in [3.63, 3.8) is 0 Å². The van der Waals surface area contributed by atoms with Crippen molar-refractivity contribution in [3.8, 4) is 0 Å². The highest BCUT2D eigenvalue weighted by Gasteiger charge is 2.35. The lowest BCUT2D eigenvalue weighted by Gasteiger charge is -2.33. The van der Waals surface area contributed by atoms with Crippen LogP contribution in [0.1, 0.15) is 29.6 Å². The van der Waals surface area contributed by atoms with Crippen molar-refractivity contribution in [3.05, 3.63) is 34.9 Å². The SMILES string of the molecule is O=C(O)[C@H]1CCCCN1C(=O)c1cc(F)c(F)c(F)c1F. The minimum absolute atomic E-state index is 0.0237. The molecular weight excluding hydrogens is 294 g/mol. The summed E-state index contributed by atoms with van der Waals surface area (Å²) in [6, 6.07) is -0.953. The van der Waals surface area contributed by atoms with E-state index in [0.717, 1.165) is 4.90 Å². The van der Waals surface area contributed by atoms with Gasteiger partial charge in [0.15, 0.2) is 23.3 Å². The summed E-state index contributed by atoms with van der Waals surface area (Å²) in [6.07, 6.45) is 1.22. The lowest BCUT2D eigenvalue weighted by Crippen LogP contribution is -2.48. The van der Waals surface area contributed by atoms with E-state index in [1.807, 2.05) is 0 Å². The molecular formula is C13H11F4NO3. The van der Waals surface area contributed by atoms with Crippen molar-refractivity contribution < 1.29 is 32.3 Å². The Kier molecular flexibility index (Phi) is 4.15. The molecule has 1 atom stereocenters. The van der Waals surface area contributed by atoms with E-state index in [1.165, 1.54) is 0 Å². The molecule has 0 aromatic heterocycles. The number of hydrogen-bond acceptors (Lipinski definition) is 2. The molecule has 1 fully saturated rings. The summed E-state index contributed by atoms with van der Waals surface area (Å²) in [4.78, 5) is 24.0. The fourth-order valence-corrected chi connectivity index (χ4v) is 2.31. The van der Waals surface area contributed by atoms with Crippen LogP contribution in [0.25, 0.3) is 0 Å². The minimum atomic E-state index is -2.10. The summed E-state index contributed by atoms with van der Waals surface area (Å²) in [7, 11) is 0. The van der Waals surface area contributed by atoms with Crippen molar-refractivity contribution in [1.29, 1.82) is 0 Å². The van der Waals surface area contributed by atoms with Gasteiger partial charge in [-0.05, 0) is 25.3 Å². The van der Waals surface area contributed by atoms with Gasteiger partial charge in [0.1, 0.15) is 6.04 Å². The van der Waals surface area contributed by atoms with Gasteiger partial charge in [0.05, 0.1) is 5.56 Å². The molecule has 4 nitrogen and oxygen atoms in total. The van der Waals surface area contributed by atoms with E-state index in [-0.39, 0.29) is 19.0 Å². The summed E-state index contributed by atoms with van der Waals surface area (Å²) >= 11 is 0. The zero-order valence-electron chi connectivity index (χ0n) is 10.7. The second-order valence-electron chi connectivity index (χ2n) is 4.70. The largest absolute Gasteiger partial charge is 0.480 e. The van der Waals surface area contributed by atoms with Crippen LogP contribution in [0.15, 0.2) is 6.07 Å². The molecule has 0 aliphatic carbocycles. The first-order chi connectivity index (χ1) is 9.84. The third kappa shape index (κ3) is 2.70. The third-order valence-corrected chi connectivity index (χ3v) is 3.38. The van der Waals surface area contributed by atoms with Gasteiger partial charge in [0, 0.05) is 6.54 Å². The first-order valence-electron chi connectivity index (χ1n) is 6.21. The van der Waals surface area contributed by atoms with E-state index in [0.29, 0.717) is 12.8 Å². The molecule has 21 heavy (non-hydrogen) atoms. The Hall–Kier alpha value is -2.12. The minimum Gasteiger partial charge on any atom is -0.480 e. The normalized spacial score (nSPS) is 18.7. The number of carbonyl (C=O) groups excluding carboxylic acids is 1. The molecule has 0 bridgehead atoms. The molecule has 0 saturated carbocycles. The molecule has 114 valence electrons. The number of carboxylic acid groups (broad SMARTS) is 1. The molecule has 1 saturated heterocycles. The predicted molar refractivity (Wildman–Crippen MR) is 62.6 cm³/mol. The van der Waals surface area contributed by atoms with Gasteiger partial charge in [-0.15, -0.1) is 0 Å². The number of piperidine rings is 1. The van der Waals surface area contributed by atoms with E-state index in [9.17, 15) is 27.2 Å². The van der Waals surface area contributed by atoms with E-state index in [4.69, 9.17) is 5.11 Å². The van der Waals surface area contributed by atoms with Crippen LogP contribution in [-0.4, -0.2) is 34.5 Å². The van der Waals surface area contributed by atoms with E-state index < -0.39 is 46.8 Å². The number of carboxylic acids is 1. The Morgan fingerprint density at radius 3 is 2.38 bits per heavy atom. The lowest BCUT2D eigenvalue weighted by atomic mass is 10.0. The summed E-state index contributed by atoms with van der Waals surface area (Å²) in [5.41, 5.74) is -1.01. The highest BCUT2D eigenvalue weighted by Crippen LogP contribution is 2.24. The highest BCUT2D eigenvalue weighted by molar-refractivity contribution is 5.97. The molecule has 1 aromatic carbocycles. The van der Waals surface area contributed by atoms with Gasteiger partial charge in [-0.3, -0.25) is 4.79 Å². The van der Waals surface area contributed by atoms with Crippen LogP contribution in [0, 0.1) is 23.3 Å². The summed E-state index contributed by atoms with van der Waals surface area (Å²) in [5, 5.41) is 9.03. The zero-order chi connectivity index (χ0) is 15.7. The molecule has 1 aliphatic rings. The maximum atomic E-state index is 13.6. The molecule has 0 radical (unpaired) electrons. The van der Waals surface area contributed by atoms with E-state index in [1.54, 1.807) is 0 Å². The fourth-order valence-electron chi connectivity index (χ4n) is 2.31. The maximum Gasteiger partial charge on any atom is 0.326 e. The average Bonchev–Trinajstić information content (AvgIpc) is 2.48. The number of nitrogens with zero attached hydrogens (tertiary/aromatic N) is 1. The van der Waals surface area contributed by atoms with Gasteiger partial charge < -0.3 is 10.0 Å². The second-order valence-corrected chi connectivity index (χ2v) is 4.70. The molecule has 2 rings (SSSR count). The van der Waals surface area contributed by atoms with E-state index in [2.05, 4.69) is 0 Å². The van der Waals surface area contributed by atoms with Crippen LogP contribution in [0.4, 0.5) is 17.6 Å². The third-order valence-electron chi connectivity index (χ3n) is 3.38. The van der Waals surface area contributed by atoms with Crippen LogP contribution < -0.4 is 0 Å². The average molecular weight is 305 g/mol. The van der Waals surface area contributed by atoms with Gasteiger partial charge in [-0.25, -0.2) is 22.4 Å². The van der Waals surface area contributed by atoms with Crippen LogP contribution in [0.2, 0.25) is 0 Å². The van der Waals surface area contributed by atoms with Gasteiger partial charge in [-0.1, -0.05) is 0 Å². The van der Waals surface area contributed by atoms with Gasteiger partial charge in [0.2, 0.25) is 0 Å². The molecule has 8 heteroatoms. The number of halogens is 4. The molecule has 1 aliphatic heterocycles. The summed E-state index contributed by atoms with van der Waals surface area (Å²) in [6.45, 7) is 0.0237. The summed E-state index contributed by atoms with van der Waals surface area (Å²) < 4.78 is 52.8. The molecule has 1 amide bonds. The molecule has 1 heterocycles. The Labute approximate surface area is 117 Å². The first kappa shape index (κ1) is 15.3. The quantitative estimate of drug-likeness (QED) is 0.518. The Morgan fingerprint density at radius 2 is 1.76 bits per heavy atom. The number of aliphatic carboxylic acids is 1. The summed E-state index contributed by atoms with van der Waals surface area (Å²) in [5.74, 6) is -10.1. The Morgan fingerprint density at radius 1 is 1.10 bits per heavy atom. The van der Waals surface area contributed by atoms with Crippen LogP contribution in [-0.2, 0) is 4.79 Å². The van der Waals surface area contributed by atoms with Crippen molar-refractivity contribution in [2.24, 2.45) is 0 Å². The molecule has 1 aromatic rings. The fraction of sp³-hybridized carbons (Fsp3) is 0.385. The second kappa shape index (κ2) is 5.71. The zero-order valence-corrected chi connectivity index (χ0v) is 10.7. The van der Waals surface area contributed by atoms with Crippen molar-refractivity contribution in [2.75, 3.05) is 6.54 Å². The lowest BCUT2D eigenvalue weighted by molar-refractivity contribution is -0.143. The van der Waals surface area contributed by atoms with Gasteiger partial charge in [0.25, 0.3) is 5.91 Å². The number of benzene rings is 1. The Balaban J connectivity index is 2.42. The van der Waals surface area contributed by atoms with Crippen molar-refractivity contribution in [2.45, 2.75) is 25.3 Å². The van der Waals surface area contributed by atoms with Crippen LogP contribution in [0.5, 0.6) is 0 Å². The van der Waals surface area contributed by atoms with Gasteiger partial charge >= 0.3 is 5.97 Å². The Bertz CT molecular complexity index is 606. The standard InChI is InChI=1S/C13H11F4NO3/c14-7-5-6(9(15)11(17)10(7)16)12(19)18-4-2-1-3-8(18)13(20)21/h5,8H,1-4H2,(H,20,21)/t8-/m1/s1. The number of amides is 1. The van der Waals surface area contributed by atoms with Crippen LogP contribution in [0.3, 0.4) is 0 Å². The number of carbonyl (C=O) groups is 2. The van der Waals surface area contributed by atoms with Crippen LogP contribution >= 0.6 is 0 Å². The maximum absolute atomic E-state index is 13.6. The monoisotopic (exact) mass is 305 g/mol. The van der Waals surface area contributed by atoms with Crippen molar-refractivity contribution >= 4 is 11.9 Å². The number of hydrogen-bond donors (Lipinski definition) is 1. The topological polar surface area (TPSA) is 57.6 Å². The number of rotatable bonds is 2. The first-order valence-corrected chi connectivity index (χ1v) is 6.21. The molecule has 0 spiro atoms.